The number of carbonyl (C=O) groups excluding carboxylic acids is 2. The number of carbonyl (C=O) groups is 2. The number of benzene rings is 2. The van der Waals surface area contributed by atoms with Crippen molar-refractivity contribution in [3.8, 4) is 0 Å². The number of piperidine rings is 1. The lowest BCUT2D eigenvalue weighted by atomic mass is 9.83. The van der Waals surface area contributed by atoms with E-state index in [0.29, 0.717) is 25.2 Å². The molecule has 2 N–H and O–H groups in total. The van der Waals surface area contributed by atoms with Gasteiger partial charge in [-0.3, -0.25) is 0 Å². The molecule has 2 aromatic rings. The van der Waals surface area contributed by atoms with E-state index in [2.05, 4.69) is 16.8 Å². The minimum Gasteiger partial charge on any atom is -0.383 e. The van der Waals surface area contributed by atoms with Crippen molar-refractivity contribution in [3.05, 3.63) is 83.9 Å². The second kappa shape index (κ2) is 13.6. The number of nitrogens with one attached hydrogen (secondary N) is 1. The van der Waals surface area contributed by atoms with Gasteiger partial charge < -0.3 is 30.0 Å². The average molecular weight is 614 g/mol. The maximum absolute atomic E-state index is 13.3. The lowest BCUT2D eigenvalue weighted by molar-refractivity contribution is -0.137. The van der Waals surface area contributed by atoms with Crippen LogP contribution >= 0.6 is 0 Å². The van der Waals surface area contributed by atoms with Crippen LogP contribution in [0.2, 0.25) is 0 Å². The second-order valence-electron chi connectivity index (χ2n) is 12.2. The van der Waals surface area contributed by atoms with Gasteiger partial charge in [-0.15, -0.1) is 6.58 Å². The number of urea groups is 2. The van der Waals surface area contributed by atoms with Crippen molar-refractivity contribution in [1.29, 1.82) is 0 Å². The molecule has 0 bridgehead atoms. The first-order valence-electron chi connectivity index (χ1n) is 15.4. The summed E-state index contributed by atoms with van der Waals surface area (Å²) >= 11 is 0. The highest BCUT2D eigenvalue weighted by molar-refractivity contribution is 5.75. The van der Waals surface area contributed by atoms with E-state index in [0.717, 1.165) is 69.6 Å². The SMILES string of the molecule is C=CCN(C(=O)NCc1ccc(C(F)(F)F)cc1)C1CCN(C[C@H]2CN(C(=O)N3CCCC3)C[C@]2(O)c2ccccc2)CC1. The number of β-amino-alcohol motifs (C(OH)–C–C–N with tert-alkyl or cyclic N) is 1. The molecule has 2 atom stereocenters. The molecule has 238 valence electrons. The van der Waals surface area contributed by atoms with Crippen LogP contribution in [0.5, 0.6) is 0 Å². The Morgan fingerprint density at radius 1 is 1.00 bits per heavy atom. The molecule has 8 nitrogen and oxygen atoms in total. The van der Waals surface area contributed by atoms with E-state index in [1.165, 1.54) is 12.1 Å². The third-order valence-corrected chi connectivity index (χ3v) is 9.26. The molecule has 44 heavy (non-hydrogen) atoms. The predicted octanol–water partition coefficient (Wildman–Crippen LogP) is 4.90. The van der Waals surface area contributed by atoms with E-state index in [1.54, 1.807) is 11.0 Å². The van der Waals surface area contributed by atoms with Crippen LogP contribution in [0.15, 0.2) is 67.3 Å². The maximum Gasteiger partial charge on any atom is 0.416 e. The van der Waals surface area contributed by atoms with Crippen LogP contribution in [-0.4, -0.2) is 95.2 Å². The quantitative estimate of drug-likeness (QED) is 0.415. The fraction of sp³-hybridized carbons (Fsp3) is 0.515. The standard InChI is InChI=1S/C33H42F3N5O3/c1-2-16-41(30(42)37-21-25-10-12-27(13-11-25)33(34,35)36)29-14-19-38(20-15-29)22-28-23-40(31(43)39-17-6-7-18-39)24-32(28,44)26-8-4-3-5-9-26/h2-5,8-13,28-29,44H,1,6-7,14-24H2,(H,37,42)/t28-,32-/m0/s1. The number of aliphatic hydroxyl groups is 1. The van der Waals surface area contributed by atoms with Gasteiger partial charge in [0.15, 0.2) is 0 Å². The fourth-order valence-corrected chi connectivity index (χ4v) is 6.77. The summed E-state index contributed by atoms with van der Waals surface area (Å²) in [6.45, 7) is 8.63. The maximum atomic E-state index is 13.3. The number of likely N-dealkylation sites (tertiary alicyclic amines) is 3. The van der Waals surface area contributed by atoms with Gasteiger partial charge in [-0.05, 0) is 48.9 Å². The Morgan fingerprint density at radius 3 is 2.27 bits per heavy atom. The van der Waals surface area contributed by atoms with Gasteiger partial charge in [0, 0.05) is 64.3 Å². The van der Waals surface area contributed by atoms with Gasteiger partial charge in [0.1, 0.15) is 5.60 Å². The molecule has 3 heterocycles. The summed E-state index contributed by atoms with van der Waals surface area (Å²) in [6.07, 6.45) is 0.755. The van der Waals surface area contributed by atoms with Crippen LogP contribution in [0, 0.1) is 5.92 Å². The van der Waals surface area contributed by atoms with Crippen molar-refractivity contribution >= 4 is 12.1 Å². The van der Waals surface area contributed by atoms with E-state index in [4.69, 9.17) is 0 Å². The van der Waals surface area contributed by atoms with Crippen molar-refractivity contribution in [3.63, 3.8) is 0 Å². The van der Waals surface area contributed by atoms with Crippen LogP contribution in [-0.2, 0) is 18.3 Å². The molecule has 3 fully saturated rings. The predicted molar refractivity (Wildman–Crippen MR) is 162 cm³/mol. The lowest BCUT2D eigenvalue weighted by Gasteiger charge is -2.40. The van der Waals surface area contributed by atoms with Gasteiger partial charge in [-0.1, -0.05) is 48.5 Å². The topological polar surface area (TPSA) is 79.4 Å². The zero-order valence-corrected chi connectivity index (χ0v) is 25.0. The smallest absolute Gasteiger partial charge is 0.383 e. The minimum absolute atomic E-state index is 0.000406. The Kier molecular flexibility index (Phi) is 9.84. The number of nitrogens with zero attached hydrogens (tertiary/aromatic N) is 4. The van der Waals surface area contributed by atoms with Crippen LogP contribution < -0.4 is 5.32 Å². The lowest BCUT2D eigenvalue weighted by Crippen LogP contribution is -2.52. The zero-order valence-electron chi connectivity index (χ0n) is 25.0. The van der Waals surface area contributed by atoms with Crippen LogP contribution in [0.25, 0.3) is 0 Å². The third kappa shape index (κ3) is 7.21. The molecule has 3 aliphatic heterocycles. The van der Waals surface area contributed by atoms with Gasteiger partial charge >= 0.3 is 18.2 Å². The van der Waals surface area contributed by atoms with Gasteiger partial charge in [0.2, 0.25) is 0 Å². The van der Waals surface area contributed by atoms with Crippen molar-refractivity contribution < 1.29 is 27.9 Å². The van der Waals surface area contributed by atoms with Crippen LogP contribution in [0.1, 0.15) is 42.4 Å². The normalized spacial score (nSPS) is 23.1. The Morgan fingerprint density at radius 2 is 1.66 bits per heavy atom. The van der Waals surface area contributed by atoms with Crippen molar-refractivity contribution in [1.82, 2.24) is 24.9 Å². The Hall–Kier alpha value is -3.57. The summed E-state index contributed by atoms with van der Waals surface area (Å²) < 4.78 is 38.6. The van der Waals surface area contributed by atoms with Crippen molar-refractivity contribution in [2.45, 2.75) is 50.0 Å². The summed E-state index contributed by atoms with van der Waals surface area (Å²) in [5.74, 6) is -0.163. The molecule has 4 amide bonds. The highest BCUT2D eigenvalue weighted by Gasteiger charge is 2.49. The van der Waals surface area contributed by atoms with Gasteiger partial charge in [-0.2, -0.15) is 13.2 Å². The summed E-state index contributed by atoms with van der Waals surface area (Å²) in [5.41, 5.74) is -0.475. The molecule has 0 spiro atoms. The fourth-order valence-electron chi connectivity index (χ4n) is 6.77. The van der Waals surface area contributed by atoms with Gasteiger partial charge in [0.05, 0.1) is 12.1 Å². The first kappa shape index (κ1) is 31.8. The van der Waals surface area contributed by atoms with E-state index < -0.39 is 17.3 Å². The molecule has 3 saturated heterocycles. The van der Waals surface area contributed by atoms with Crippen molar-refractivity contribution in [2.24, 2.45) is 5.92 Å². The number of rotatable bonds is 8. The highest BCUT2D eigenvalue weighted by Crippen LogP contribution is 2.39. The Labute approximate surface area is 257 Å². The Balaban J connectivity index is 1.18. The summed E-state index contributed by atoms with van der Waals surface area (Å²) in [5, 5.41) is 14.9. The zero-order chi connectivity index (χ0) is 31.3. The van der Waals surface area contributed by atoms with E-state index in [9.17, 15) is 27.9 Å². The number of amides is 4. The average Bonchev–Trinajstić information content (AvgIpc) is 3.68. The monoisotopic (exact) mass is 613 g/mol. The molecule has 11 heteroatoms. The van der Waals surface area contributed by atoms with Crippen LogP contribution in [0.4, 0.5) is 22.8 Å². The number of hydrogen-bond donors (Lipinski definition) is 2. The molecule has 0 saturated carbocycles. The van der Waals surface area contributed by atoms with Gasteiger partial charge in [0.25, 0.3) is 0 Å². The summed E-state index contributed by atoms with van der Waals surface area (Å²) in [6, 6.07) is 14.1. The van der Waals surface area contributed by atoms with E-state index in [1.807, 2.05) is 40.1 Å². The largest absolute Gasteiger partial charge is 0.416 e. The molecule has 0 aliphatic carbocycles. The van der Waals surface area contributed by atoms with Crippen LogP contribution in [0.3, 0.4) is 0 Å². The first-order valence-corrected chi connectivity index (χ1v) is 15.4. The number of alkyl halides is 3. The molecule has 2 aromatic carbocycles. The highest BCUT2D eigenvalue weighted by atomic mass is 19.4. The summed E-state index contributed by atoms with van der Waals surface area (Å²) in [4.78, 5) is 34.2. The molecule has 3 aliphatic rings. The molecular formula is C33H42F3N5O3. The van der Waals surface area contributed by atoms with E-state index in [-0.39, 0.29) is 37.1 Å². The van der Waals surface area contributed by atoms with E-state index >= 15 is 0 Å². The second-order valence-corrected chi connectivity index (χ2v) is 12.2. The third-order valence-electron chi connectivity index (χ3n) is 9.26. The first-order chi connectivity index (χ1) is 21.1. The molecular weight excluding hydrogens is 571 g/mol. The molecule has 0 aromatic heterocycles. The van der Waals surface area contributed by atoms with Crippen molar-refractivity contribution in [2.75, 3.05) is 52.4 Å². The van der Waals surface area contributed by atoms with Gasteiger partial charge in [-0.25, -0.2) is 9.59 Å². The molecule has 0 radical (unpaired) electrons. The summed E-state index contributed by atoms with van der Waals surface area (Å²) in [7, 11) is 0. The Bertz CT molecular complexity index is 1280. The molecule has 5 rings (SSSR count). The number of hydrogen-bond acceptors (Lipinski definition) is 4. The number of halogens is 3. The minimum atomic E-state index is -4.40. The molecule has 0 unspecified atom stereocenters.